The van der Waals surface area contributed by atoms with Gasteiger partial charge in [-0.3, -0.25) is 32.5 Å². The summed E-state index contributed by atoms with van der Waals surface area (Å²) in [6.07, 6.45) is 87.8. The number of hydrogen-bond donors (Lipinski definition) is 3. The third-order valence-corrected chi connectivity index (χ3v) is 18.5. The van der Waals surface area contributed by atoms with Gasteiger partial charge in [-0.05, 0) is 167 Å². The number of phosphoric ester groups is 2. The summed E-state index contributed by atoms with van der Waals surface area (Å²) in [5.74, 6) is -1.68. The minimum Gasteiger partial charge on any atom is -0.462 e. The zero-order valence-corrected chi connectivity index (χ0v) is 66.7. The van der Waals surface area contributed by atoms with Crippen LogP contribution in [0.25, 0.3) is 0 Å². The third-order valence-electron chi connectivity index (χ3n) is 16.6. The lowest BCUT2D eigenvalue weighted by atomic mass is 10.1. The summed E-state index contributed by atoms with van der Waals surface area (Å²) < 4.78 is 69.2. The first-order valence-corrected chi connectivity index (χ1v) is 43.4. The van der Waals surface area contributed by atoms with E-state index in [1.807, 2.05) is 24.3 Å². The standard InChI is InChI=1S/C85H144O17P2/c1-4-7-10-13-16-19-22-25-28-30-35-40-45-50-55-60-65-70-84(89)101-81(76-95-73-68-63-58-53-48-43-38-33-32-37-42-47-52-57-62-67-72-86)78-99-103(91,92)97-74-80(87)75-98-104(93,94)100-79-82(77-96-83(88)69-64-59-54-49-44-39-34-27-24-21-18-15-12-9-6-3)102-85(90)71-66-61-56-51-46-41-36-31-29-26-23-20-17-14-11-8-5-2/h16-21,25-29,32,34-37,40-41,50-51,55-56,72,80-82,87H,4-15,22-24,30-31,33,38-39,42-49,52-54,57-71,73-79H2,1-3H3,(H,91,92)(H,93,94)/b19-16-,20-17-,21-18-,28-25-,29-26-,34-27-,37-32-,40-35-,41-36-,55-50-,56-51-/t80-,81+,82+/m0/s1. The van der Waals surface area contributed by atoms with Crippen LogP contribution in [0.3, 0.4) is 0 Å². The Kier molecular flexibility index (Phi) is 74.5. The van der Waals surface area contributed by atoms with Crippen LogP contribution in [0.2, 0.25) is 0 Å². The molecule has 0 spiro atoms. The van der Waals surface area contributed by atoms with E-state index in [0.717, 1.165) is 167 Å². The van der Waals surface area contributed by atoms with Crippen LogP contribution in [0.4, 0.5) is 0 Å². The van der Waals surface area contributed by atoms with Crippen molar-refractivity contribution in [3.05, 3.63) is 134 Å². The van der Waals surface area contributed by atoms with Gasteiger partial charge in [0, 0.05) is 32.3 Å². The number of esters is 3. The second-order valence-corrected chi connectivity index (χ2v) is 29.5. The predicted molar refractivity (Wildman–Crippen MR) is 427 cm³/mol. The first-order chi connectivity index (χ1) is 50.8. The molecule has 0 rings (SSSR count). The van der Waals surface area contributed by atoms with Crippen molar-refractivity contribution in [1.82, 2.24) is 0 Å². The summed E-state index contributed by atoms with van der Waals surface area (Å²) in [4.78, 5) is 70.6. The van der Waals surface area contributed by atoms with Crippen molar-refractivity contribution in [2.75, 3.05) is 46.2 Å². The topological polar surface area (TPSA) is 237 Å². The fraction of sp³-hybridized carbons (Fsp3) is 0.694. The number of phosphoric acid groups is 2. The molecular weight excluding hydrogens is 1350 g/mol. The van der Waals surface area contributed by atoms with Crippen LogP contribution < -0.4 is 0 Å². The van der Waals surface area contributed by atoms with Gasteiger partial charge in [-0.25, -0.2) is 9.13 Å². The lowest BCUT2D eigenvalue weighted by Crippen LogP contribution is -2.30. The minimum absolute atomic E-state index is 0.0219. The first-order valence-electron chi connectivity index (χ1n) is 40.4. The molecule has 0 aromatic rings. The van der Waals surface area contributed by atoms with Gasteiger partial charge in [0.05, 0.1) is 33.0 Å². The smallest absolute Gasteiger partial charge is 0.462 e. The van der Waals surface area contributed by atoms with Crippen LogP contribution in [-0.2, 0) is 65.4 Å². The highest BCUT2D eigenvalue weighted by molar-refractivity contribution is 7.47. The van der Waals surface area contributed by atoms with E-state index in [1.165, 1.54) is 77.0 Å². The number of aliphatic hydroxyl groups excluding tert-OH is 1. The molecular formula is C85H144O17P2. The SMILES string of the molecule is CCCCC/C=C\C/C=C\C/C=C\C/C=C\CCCC(=O)O[C@H](COCCCCCCCCC/C=C\CCCCCCC=O)COP(=O)(O)OC[C@H](O)COP(=O)(O)OC[C@@H](COC(=O)CCCCCCC/C=C\C/C=C\CCCCC)OC(=O)CCC/C=C\C/C=C\C/C=C\C/C=C\CCCCC. The third kappa shape index (κ3) is 77.0. The molecule has 2 unspecified atom stereocenters. The van der Waals surface area contributed by atoms with E-state index in [9.17, 15) is 43.2 Å². The van der Waals surface area contributed by atoms with Crippen molar-refractivity contribution in [3.63, 3.8) is 0 Å². The van der Waals surface area contributed by atoms with Gasteiger partial charge >= 0.3 is 33.6 Å². The minimum atomic E-state index is -4.98. The zero-order valence-electron chi connectivity index (χ0n) is 64.9. The Hall–Kier alpha value is -4.64. The number of allylic oxidation sites excluding steroid dienone is 22. The van der Waals surface area contributed by atoms with E-state index >= 15 is 0 Å². The van der Waals surface area contributed by atoms with Crippen LogP contribution >= 0.6 is 15.6 Å². The van der Waals surface area contributed by atoms with Crippen molar-refractivity contribution in [3.8, 4) is 0 Å². The van der Waals surface area contributed by atoms with Crippen molar-refractivity contribution in [2.24, 2.45) is 0 Å². The largest absolute Gasteiger partial charge is 0.472 e. The van der Waals surface area contributed by atoms with Gasteiger partial charge in [0.15, 0.2) is 6.10 Å². The molecule has 104 heavy (non-hydrogen) atoms. The van der Waals surface area contributed by atoms with Crippen molar-refractivity contribution >= 4 is 39.8 Å². The summed E-state index contributed by atoms with van der Waals surface area (Å²) in [5.41, 5.74) is 0. The van der Waals surface area contributed by atoms with E-state index < -0.39 is 84.9 Å². The number of aldehydes is 1. The summed E-state index contributed by atoms with van der Waals surface area (Å²) in [7, 11) is -9.89. The van der Waals surface area contributed by atoms with E-state index in [2.05, 4.69) is 130 Å². The molecule has 5 atom stereocenters. The summed E-state index contributed by atoms with van der Waals surface area (Å²) in [6.45, 7) is 3.42. The second-order valence-electron chi connectivity index (χ2n) is 26.6. The molecule has 0 saturated carbocycles. The van der Waals surface area contributed by atoms with Gasteiger partial charge in [0.2, 0.25) is 0 Å². The Bertz CT molecular complexity index is 2460. The maximum atomic E-state index is 13.1. The fourth-order valence-electron chi connectivity index (χ4n) is 10.4. The molecule has 0 aromatic heterocycles. The highest BCUT2D eigenvalue weighted by Crippen LogP contribution is 2.45. The summed E-state index contributed by atoms with van der Waals surface area (Å²) in [6, 6.07) is 0. The number of carbonyl (C=O) groups excluding carboxylic acids is 4. The van der Waals surface area contributed by atoms with Crippen LogP contribution in [0.5, 0.6) is 0 Å². The van der Waals surface area contributed by atoms with Crippen molar-refractivity contribution in [1.29, 1.82) is 0 Å². The van der Waals surface area contributed by atoms with Gasteiger partial charge in [-0.15, -0.1) is 0 Å². The summed E-state index contributed by atoms with van der Waals surface area (Å²) in [5, 5.41) is 10.6. The molecule has 0 aliphatic carbocycles. The molecule has 596 valence electrons. The predicted octanol–water partition coefficient (Wildman–Crippen LogP) is 23.3. The lowest BCUT2D eigenvalue weighted by Gasteiger charge is -2.21. The van der Waals surface area contributed by atoms with Gasteiger partial charge in [-0.1, -0.05) is 257 Å². The van der Waals surface area contributed by atoms with E-state index in [4.69, 9.17) is 37.0 Å². The lowest BCUT2D eigenvalue weighted by molar-refractivity contribution is -0.161. The van der Waals surface area contributed by atoms with E-state index in [1.54, 1.807) is 0 Å². The van der Waals surface area contributed by atoms with Crippen molar-refractivity contribution < 1.29 is 80.2 Å². The van der Waals surface area contributed by atoms with E-state index in [-0.39, 0.29) is 25.9 Å². The Morgan fingerprint density at radius 2 is 0.577 bits per heavy atom. The molecule has 19 heteroatoms. The quantitative estimate of drug-likeness (QED) is 0.0128. The fourth-order valence-corrected chi connectivity index (χ4v) is 12.0. The van der Waals surface area contributed by atoms with Gasteiger partial charge in [-0.2, -0.15) is 0 Å². The first kappa shape index (κ1) is 99.4. The number of unbranched alkanes of at least 4 members (excludes halogenated alkanes) is 28. The average molecular weight is 1500 g/mol. The highest BCUT2D eigenvalue weighted by atomic mass is 31.2. The van der Waals surface area contributed by atoms with E-state index in [0.29, 0.717) is 45.1 Å². The van der Waals surface area contributed by atoms with Gasteiger partial charge in [0.25, 0.3) is 0 Å². The number of aliphatic hydroxyl groups is 1. The van der Waals surface area contributed by atoms with Crippen LogP contribution in [0, 0.1) is 0 Å². The van der Waals surface area contributed by atoms with Crippen LogP contribution in [0.1, 0.15) is 316 Å². The summed E-state index contributed by atoms with van der Waals surface area (Å²) >= 11 is 0. The average Bonchev–Trinajstić information content (AvgIpc) is 0.918. The number of carbonyl (C=O) groups is 4. The Morgan fingerprint density at radius 1 is 0.308 bits per heavy atom. The van der Waals surface area contributed by atoms with Gasteiger partial charge in [0.1, 0.15) is 25.1 Å². The van der Waals surface area contributed by atoms with Gasteiger partial charge < -0.3 is 38.6 Å². The monoisotopic (exact) mass is 1500 g/mol. The number of ether oxygens (including phenoxy) is 4. The molecule has 0 aliphatic rings. The molecule has 0 amide bonds. The maximum Gasteiger partial charge on any atom is 0.472 e. The van der Waals surface area contributed by atoms with Crippen LogP contribution in [0.15, 0.2) is 134 Å². The molecule has 17 nitrogen and oxygen atoms in total. The molecule has 0 aliphatic heterocycles. The normalized spacial score (nSPS) is 14.6. The maximum absolute atomic E-state index is 13.1. The molecule has 0 fully saturated rings. The molecule has 0 radical (unpaired) electrons. The second kappa shape index (κ2) is 78.0. The molecule has 0 aromatic carbocycles. The molecule has 0 saturated heterocycles. The number of hydrogen-bond acceptors (Lipinski definition) is 15. The molecule has 0 heterocycles. The zero-order chi connectivity index (χ0) is 75.9. The number of rotatable bonds is 77. The molecule has 0 bridgehead atoms. The Morgan fingerprint density at radius 3 is 0.933 bits per heavy atom. The Labute approximate surface area is 631 Å². The highest BCUT2D eigenvalue weighted by Gasteiger charge is 2.30. The Balaban J connectivity index is 5.42. The van der Waals surface area contributed by atoms with Crippen LogP contribution in [-0.4, -0.2) is 104 Å². The molecule has 3 N–H and O–H groups in total. The van der Waals surface area contributed by atoms with Crippen molar-refractivity contribution in [2.45, 2.75) is 334 Å².